The Balaban J connectivity index is 1.53. The fraction of sp³-hybridized carbons (Fsp3) is 0.474. The first kappa shape index (κ1) is 17.7. The third kappa shape index (κ3) is 3.57. The monoisotopic (exact) mass is 367 g/mol. The average molecular weight is 367 g/mol. The molecule has 8 nitrogen and oxygen atoms in total. The minimum absolute atomic E-state index is 0.135. The second kappa shape index (κ2) is 6.77. The van der Waals surface area contributed by atoms with Crippen LogP contribution in [0.5, 0.6) is 0 Å². The highest BCUT2D eigenvalue weighted by Gasteiger charge is 2.23. The van der Waals surface area contributed by atoms with Gasteiger partial charge in [-0.05, 0) is 38.5 Å². The standard InChI is InChI=1S/C19H25N7O/c1-19(2,3)26-16-15(12-21-26)17(27)23-18(22-16)25-10-8-24(9-11-25)13-14-4-6-20-7-5-14/h4-7,12H,8-11,13H2,1-3H3,(H,22,23,27). The van der Waals surface area contributed by atoms with Gasteiger partial charge in [0.05, 0.1) is 11.7 Å². The zero-order valence-corrected chi connectivity index (χ0v) is 16.0. The number of hydrogen-bond donors (Lipinski definition) is 1. The lowest BCUT2D eigenvalue weighted by Gasteiger charge is -2.35. The molecule has 0 radical (unpaired) electrons. The predicted octanol–water partition coefficient (Wildman–Crippen LogP) is 1.59. The Morgan fingerprint density at radius 2 is 1.81 bits per heavy atom. The minimum atomic E-state index is -0.233. The van der Waals surface area contributed by atoms with E-state index in [2.05, 4.69) is 45.6 Å². The van der Waals surface area contributed by atoms with Crippen molar-refractivity contribution >= 4 is 17.0 Å². The minimum Gasteiger partial charge on any atom is -0.340 e. The molecule has 1 saturated heterocycles. The molecule has 27 heavy (non-hydrogen) atoms. The van der Waals surface area contributed by atoms with E-state index in [0.717, 1.165) is 32.7 Å². The van der Waals surface area contributed by atoms with Crippen molar-refractivity contribution < 1.29 is 0 Å². The van der Waals surface area contributed by atoms with E-state index in [1.54, 1.807) is 6.20 Å². The Morgan fingerprint density at radius 3 is 2.48 bits per heavy atom. The van der Waals surface area contributed by atoms with Gasteiger partial charge in [-0.1, -0.05) is 0 Å². The molecule has 0 bridgehead atoms. The summed E-state index contributed by atoms with van der Waals surface area (Å²) in [4.78, 5) is 28.8. The molecule has 0 amide bonds. The van der Waals surface area contributed by atoms with E-state index < -0.39 is 0 Å². The summed E-state index contributed by atoms with van der Waals surface area (Å²) in [6, 6.07) is 4.10. The van der Waals surface area contributed by atoms with E-state index in [0.29, 0.717) is 17.0 Å². The van der Waals surface area contributed by atoms with Gasteiger partial charge >= 0.3 is 0 Å². The lowest BCUT2D eigenvalue weighted by molar-refractivity contribution is 0.248. The van der Waals surface area contributed by atoms with Gasteiger partial charge in [0.2, 0.25) is 5.95 Å². The van der Waals surface area contributed by atoms with Gasteiger partial charge in [-0.25, -0.2) is 4.68 Å². The maximum absolute atomic E-state index is 12.5. The number of pyridine rings is 1. The Labute approximate surface area is 157 Å². The molecule has 4 heterocycles. The lowest BCUT2D eigenvalue weighted by Crippen LogP contribution is -2.47. The highest BCUT2D eigenvalue weighted by atomic mass is 16.1. The zero-order chi connectivity index (χ0) is 19.0. The second-order valence-electron chi connectivity index (χ2n) is 7.97. The number of rotatable bonds is 3. The van der Waals surface area contributed by atoms with Gasteiger partial charge < -0.3 is 4.90 Å². The van der Waals surface area contributed by atoms with Gasteiger partial charge in [0.1, 0.15) is 5.39 Å². The van der Waals surface area contributed by atoms with E-state index >= 15 is 0 Å². The van der Waals surface area contributed by atoms with Crippen LogP contribution in [0, 0.1) is 0 Å². The van der Waals surface area contributed by atoms with Crippen molar-refractivity contribution in [2.45, 2.75) is 32.9 Å². The van der Waals surface area contributed by atoms with Crippen molar-refractivity contribution in [2.75, 3.05) is 31.1 Å². The van der Waals surface area contributed by atoms with Crippen LogP contribution in [0.4, 0.5) is 5.95 Å². The van der Waals surface area contributed by atoms with E-state index in [9.17, 15) is 4.79 Å². The summed E-state index contributed by atoms with van der Waals surface area (Å²) in [6.07, 6.45) is 5.25. The first-order valence-electron chi connectivity index (χ1n) is 9.26. The molecule has 1 fully saturated rings. The Hall–Kier alpha value is -2.74. The molecule has 0 aliphatic carbocycles. The van der Waals surface area contributed by atoms with Crippen LogP contribution < -0.4 is 10.5 Å². The number of anilines is 1. The number of nitrogens with zero attached hydrogens (tertiary/aromatic N) is 6. The first-order valence-corrected chi connectivity index (χ1v) is 9.26. The van der Waals surface area contributed by atoms with Gasteiger partial charge in [-0.15, -0.1) is 0 Å². The molecule has 1 aliphatic rings. The molecule has 142 valence electrons. The Morgan fingerprint density at radius 1 is 1.11 bits per heavy atom. The molecule has 1 N–H and O–H groups in total. The second-order valence-corrected chi connectivity index (χ2v) is 7.97. The maximum Gasteiger partial charge on any atom is 0.263 e. The molecule has 0 saturated carbocycles. The van der Waals surface area contributed by atoms with Crippen molar-refractivity contribution in [3.05, 3.63) is 46.6 Å². The van der Waals surface area contributed by atoms with Gasteiger partial charge in [0.25, 0.3) is 5.56 Å². The van der Waals surface area contributed by atoms with Gasteiger partial charge in [0.15, 0.2) is 5.65 Å². The number of hydrogen-bond acceptors (Lipinski definition) is 6. The van der Waals surface area contributed by atoms with Crippen LogP contribution in [0.25, 0.3) is 11.0 Å². The van der Waals surface area contributed by atoms with E-state index in [1.807, 2.05) is 29.2 Å². The number of piperazine rings is 1. The molecule has 0 aromatic carbocycles. The summed E-state index contributed by atoms with van der Waals surface area (Å²) in [6.45, 7) is 10.6. The van der Waals surface area contributed by atoms with Crippen LogP contribution >= 0.6 is 0 Å². The Bertz CT molecular complexity index is 979. The summed E-state index contributed by atoms with van der Waals surface area (Å²) in [5.74, 6) is 0.627. The van der Waals surface area contributed by atoms with Crippen molar-refractivity contribution in [3.8, 4) is 0 Å². The molecule has 0 atom stereocenters. The molecule has 3 aromatic heterocycles. The predicted molar refractivity (Wildman–Crippen MR) is 105 cm³/mol. The zero-order valence-electron chi connectivity index (χ0n) is 16.0. The normalized spacial score (nSPS) is 16.2. The third-order valence-electron chi connectivity index (χ3n) is 4.89. The molecule has 3 aromatic rings. The fourth-order valence-corrected chi connectivity index (χ4v) is 3.41. The van der Waals surface area contributed by atoms with Crippen LogP contribution in [-0.2, 0) is 12.1 Å². The number of H-pyrrole nitrogens is 1. The summed E-state index contributed by atoms with van der Waals surface area (Å²) >= 11 is 0. The number of aromatic nitrogens is 5. The smallest absolute Gasteiger partial charge is 0.263 e. The maximum atomic E-state index is 12.5. The summed E-state index contributed by atoms with van der Waals surface area (Å²) in [5.41, 5.74) is 1.54. The molecule has 0 spiro atoms. The summed E-state index contributed by atoms with van der Waals surface area (Å²) in [5, 5.41) is 4.91. The van der Waals surface area contributed by atoms with Crippen LogP contribution in [0.15, 0.2) is 35.5 Å². The van der Waals surface area contributed by atoms with Gasteiger partial charge in [-0.3, -0.25) is 19.7 Å². The quantitative estimate of drug-likeness (QED) is 0.757. The van der Waals surface area contributed by atoms with E-state index in [4.69, 9.17) is 4.98 Å². The first-order chi connectivity index (χ1) is 12.9. The average Bonchev–Trinajstić information content (AvgIpc) is 3.08. The molecule has 1 aliphatic heterocycles. The van der Waals surface area contributed by atoms with E-state index in [1.165, 1.54) is 5.56 Å². The van der Waals surface area contributed by atoms with Gasteiger partial charge in [-0.2, -0.15) is 10.1 Å². The van der Waals surface area contributed by atoms with Crippen molar-refractivity contribution in [3.63, 3.8) is 0 Å². The van der Waals surface area contributed by atoms with Crippen molar-refractivity contribution in [1.29, 1.82) is 0 Å². The van der Waals surface area contributed by atoms with E-state index in [-0.39, 0.29) is 11.1 Å². The van der Waals surface area contributed by atoms with Gasteiger partial charge in [0, 0.05) is 45.1 Å². The van der Waals surface area contributed by atoms with Crippen molar-refractivity contribution in [2.24, 2.45) is 0 Å². The summed E-state index contributed by atoms with van der Waals surface area (Å²) in [7, 11) is 0. The van der Waals surface area contributed by atoms with Crippen molar-refractivity contribution in [1.82, 2.24) is 29.6 Å². The topological polar surface area (TPSA) is 82.9 Å². The fourth-order valence-electron chi connectivity index (χ4n) is 3.41. The highest BCUT2D eigenvalue weighted by molar-refractivity contribution is 5.74. The molecule has 4 rings (SSSR count). The third-order valence-corrected chi connectivity index (χ3v) is 4.89. The SMILES string of the molecule is CC(C)(C)n1ncc2c(=O)[nH]c(N3CCN(Cc4ccncc4)CC3)nc21. The molecule has 8 heteroatoms. The van der Waals surface area contributed by atoms with Crippen LogP contribution in [-0.4, -0.2) is 55.8 Å². The summed E-state index contributed by atoms with van der Waals surface area (Å²) < 4.78 is 1.82. The highest BCUT2D eigenvalue weighted by Crippen LogP contribution is 2.20. The molecular weight excluding hydrogens is 342 g/mol. The van der Waals surface area contributed by atoms with Crippen LogP contribution in [0.3, 0.4) is 0 Å². The van der Waals surface area contributed by atoms with Crippen LogP contribution in [0.2, 0.25) is 0 Å². The molecular formula is C19H25N7O. The largest absolute Gasteiger partial charge is 0.340 e. The number of aromatic amines is 1. The number of nitrogens with one attached hydrogen (secondary N) is 1. The Kier molecular flexibility index (Phi) is 4.43. The lowest BCUT2D eigenvalue weighted by atomic mass is 10.1. The molecule has 0 unspecified atom stereocenters. The van der Waals surface area contributed by atoms with Crippen LogP contribution in [0.1, 0.15) is 26.3 Å². The number of fused-ring (bicyclic) bond motifs is 1.